The van der Waals surface area contributed by atoms with Gasteiger partial charge in [-0.05, 0) is 31.9 Å². The Balaban J connectivity index is 1.62. The number of halogens is 2. The van der Waals surface area contributed by atoms with Crippen LogP contribution in [0.3, 0.4) is 0 Å². The molecule has 1 N–H and O–H groups in total. The topological polar surface area (TPSA) is 59.4 Å². The van der Waals surface area contributed by atoms with Crippen molar-refractivity contribution in [2.75, 3.05) is 20.2 Å². The van der Waals surface area contributed by atoms with Gasteiger partial charge in [-0.15, -0.1) is 0 Å². The number of hydrogen-bond acceptors (Lipinski definition) is 3. The van der Waals surface area contributed by atoms with E-state index in [1.807, 2.05) is 31.2 Å². The van der Waals surface area contributed by atoms with Gasteiger partial charge in [-0.25, -0.2) is 9.78 Å². The molecule has 6 nitrogen and oxygen atoms in total. The minimum Gasteiger partial charge on any atom is -0.494 e. The first kappa shape index (κ1) is 19.7. The van der Waals surface area contributed by atoms with Gasteiger partial charge in [0, 0.05) is 26.0 Å². The van der Waals surface area contributed by atoms with Crippen molar-refractivity contribution in [2.45, 2.75) is 32.9 Å². The summed E-state index contributed by atoms with van der Waals surface area (Å²) in [7, 11) is 1.54. The first-order valence-electron chi connectivity index (χ1n) is 8.45. The molecule has 2 amide bonds. The number of carbonyl (C=O) groups excluding carboxylic acids is 1. The van der Waals surface area contributed by atoms with Crippen LogP contribution in [-0.2, 0) is 6.54 Å². The highest BCUT2D eigenvalue weighted by molar-refractivity contribution is 5.73. The second kappa shape index (κ2) is 9.74. The van der Waals surface area contributed by atoms with Gasteiger partial charge in [0.1, 0.15) is 11.6 Å². The molecule has 0 saturated heterocycles. The fraction of sp³-hybridized carbons (Fsp3) is 0.444. The molecule has 0 fully saturated rings. The molecular weight excluding hydrogens is 342 g/mol. The number of ether oxygens (including phenoxy) is 1. The molecule has 0 unspecified atom stereocenters. The molecule has 8 heteroatoms. The third-order valence-corrected chi connectivity index (χ3v) is 3.82. The summed E-state index contributed by atoms with van der Waals surface area (Å²) in [5, 5.41) is 2.76. The van der Waals surface area contributed by atoms with Crippen molar-refractivity contribution in [1.29, 1.82) is 0 Å². The van der Waals surface area contributed by atoms with E-state index in [0.29, 0.717) is 13.2 Å². The summed E-state index contributed by atoms with van der Waals surface area (Å²) >= 11 is 0. The number of nitrogens with zero attached hydrogens (tertiary/aromatic N) is 3. The minimum atomic E-state index is -2.67. The van der Waals surface area contributed by atoms with Crippen molar-refractivity contribution in [3.05, 3.63) is 48.0 Å². The molecule has 1 heterocycles. The first-order valence-corrected chi connectivity index (χ1v) is 8.45. The highest BCUT2D eigenvalue weighted by Gasteiger charge is 2.15. The molecule has 26 heavy (non-hydrogen) atoms. The van der Waals surface area contributed by atoms with E-state index >= 15 is 0 Å². The third-order valence-electron chi connectivity index (χ3n) is 3.82. The predicted octanol–water partition coefficient (Wildman–Crippen LogP) is 3.59. The van der Waals surface area contributed by atoms with E-state index in [1.54, 1.807) is 7.05 Å². The highest BCUT2D eigenvalue weighted by atomic mass is 19.3. The maximum absolute atomic E-state index is 12.8. The third kappa shape index (κ3) is 6.02. The largest absolute Gasteiger partial charge is 0.494 e. The smallest absolute Gasteiger partial charge is 0.319 e. The Labute approximate surface area is 151 Å². The number of benzene rings is 1. The summed E-state index contributed by atoms with van der Waals surface area (Å²) in [6.07, 6.45) is 4.05. The van der Waals surface area contributed by atoms with Crippen molar-refractivity contribution in [3.8, 4) is 5.75 Å². The van der Waals surface area contributed by atoms with Crippen LogP contribution in [0.15, 0.2) is 36.7 Å². The lowest BCUT2D eigenvalue weighted by Crippen LogP contribution is -2.38. The number of carbonyl (C=O) groups is 1. The molecule has 0 aliphatic carbocycles. The number of unbranched alkanes of at least 4 members (excludes halogenated alkanes) is 1. The molecule has 0 saturated carbocycles. The van der Waals surface area contributed by atoms with Crippen LogP contribution in [-0.4, -0.2) is 40.7 Å². The van der Waals surface area contributed by atoms with Gasteiger partial charge in [-0.3, -0.25) is 4.57 Å². The Hall–Kier alpha value is -2.64. The molecule has 2 aromatic rings. The maximum atomic E-state index is 12.8. The average Bonchev–Trinajstić information content (AvgIpc) is 3.07. The van der Waals surface area contributed by atoms with Crippen molar-refractivity contribution >= 4 is 6.03 Å². The summed E-state index contributed by atoms with van der Waals surface area (Å²) in [5.41, 5.74) is 1.18. The molecule has 0 radical (unpaired) electrons. The number of rotatable bonds is 9. The number of hydrogen-bond donors (Lipinski definition) is 1. The van der Waals surface area contributed by atoms with Gasteiger partial charge in [0.25, 0.3) is 0 Å². The molecule has 0 aliphatic rings. The summed E-state index contributed by atoms with van der Waals surface area (Å²) in [5.74, 6) is 0.970. The number of urea groups is 1. The lowest BCUT2D eigenvalue weighted by Gasteiger charge is -2.18. The molecule has 0 bridgehead atoms. The number of aryl methyl sites for hydroxylation is 1. The van der Waals surface area contributed by atoms with E-state index in [2.05, 4.69) is 10.3 Å². The quantitative estimate of drug-likeness (QED) is 0.690. The predicted molar refractivity (Wildman–Crippen MR) is 94.3 cm³/mol. The first-order chi connectivity index (χ1) is 12.5. The van der Waals surface area contributed by atoms with E-state index in [9.17, 15) is 13.6 Å². The van der Waals surface area contributed by atoms with Crippen molar-refractivity contribution in [1.82, 2.24) is 19.8 Å². The van der Waals surface area contributed by atoms with Crippen LogP contribution in [0.2, 0.25) is 0 Å². The lowest BCUT2D eigenvalue weighted by atomic mass is 10.2. The van der Waals surface area contributed by atoms with Gasteiger partial charge in [0.15, 0.2) is 0 Å². The molecule has 1 aromatic heterocycles. The molecule has 2 rings (SSSR count). The summed E-state index contributed by atoms with van der Waals surface area (Å²) < 4.78 is 31.9. The number of amides is 2. The van der Waals surface area contributed by atoms with Crippen molar-refractivity contribution in [2.24, 2.45) is 0 Å². The number of alkyl halides is 2. The standard InChI is InChI=1S/C18H24F2N4O2/c1-14-5-7-15(8-6-14)26-12-4-3-9-22-18(25)23(2)13-16-21-10-11-24(16)17(19)20/h5-8,10-11,17H,3-4,9,12-13H2,1-2H3,(H,22,25). The number of nitrogens with one attached hydrogen (secondary N) is 1. The number of aromatic nitrogens is 2. The van der Waals surface area contributed by atoms with Crippen LogP contribution >= 0.6 is 0 Å². The van der Waals surface area contributed by atoms with Crippen LogP contribution in [0.1, 0.15) is 30.8 Å². The summed E-state index contributed by atoms with van der Waals surface area (Å²) in [6.45, 7) is 0.423. The Morgan fingerprint density at radius 2 is 2.04 bits per heavy atom. The fourth-order valence-corrected chi connectivity index (χ4v) is 2.31. The normalized spacial score (nSPS) is 10.8. The fourth-order valence-electron chi connectivity index (χ4n) is 2.31. The zero-order valence-electron chi connectivity index (χ0n) is 15.0. The Morgan fingerprint density at radius 3 is 2.73 bits per heavy atom. The SMILES string of the molecule is Cc1ccc(OCCCCNC(=O)N(C)Cc2nccn2C(F)F)cc1. The monoisotopic (exact) mass is 366 g/mol. The lowest BCUT2D eigenvalue weighted by molar-refractivity contribution is 0.0651. The van der Waals surface area contributed by atoms with E-state index in [-0.39, 0.29) is 18.4 Å². The summed E-state index contributed by atoms with van der Waals surface area (Å²) in [4.78, 5) is 17.2. The molecule has 0 spiro atoms. The maximum Gasteiger partial charge on any atom is 0.319 e. The minimum absolute atomic E-state index is 0.0136. The van der Waals surface area contributed by atoms with Crippen molar-refractivity contribution < 1.29 is 18.3 Å². The van der Waals surface area contributed by atoms with E-state index in [4.69, 9.17) is 4.74 Å². The Bertz CT molecular complexity index is 689. The van der Waals surface area contributed by atoms with Crippen LogP contribution < -0.4 is 10.1 Å². The van der Waals surface area contributed by atoms with Gasteiger partial charge >= 0.3 is 12.6 Å². The average molecular weight is 366 g/mol. The van der Waals surface area contributed by atoms with E-state index in [1.165, 1.54) is 22.9 Å². The van der Waals surface area contributed by atoms with Gasteiger partial charge in [0.2, 0.25) is 0 Å². The Kier molecular flexibility index (Phi) is 7.37. The number of imidazole rings is 1. The molecule has 1 aromatic carbocycles. The van der Waals surface area contributed by atoms with Crippen LogP contribution in [0.25, 0.3) is 0 Å². The highest BCUT2D eigenvalue weighted by Crippen LogP contribution is 2.13. The van der Waals surface area contributed by atoms with Gasteiger partial charge in [0.05, 0.1) is 13.2 Å². The van der Waals surface area contributed by atoms with Crippen LogP contribution in [0.4, 0.5) is 13.6 Å². The van der Waals surface area contributed by atoms with Gasteiger partial charge in [-0.2, -0.15) is 8.78 Å². The van der Waals surface area contributed by atoms with Crippen molar-refractivity contribution in [3.63, 3.8) is 0 Å². The molecule has 142 valence electrons. The molecule has 0 atom stereocenters. The molecule has 0 aliphatic heterocycles. The zero-order chi connectivity index (χ0) is 18.9. The van der Waals surface area contributed by atoms with Crippen LogP contribution in [0.5, 0.6) is 5.75 Å². The zero-order valence-corrected chi connectivity index (χ0v) is 15.0. The molecular formula is C18H24F2N4O2. The second-order valence-electron chi connectivity index (χ2n) is 5.99. The van der Waals surface area contributed by atoms with E-state index < -0.39 is 6.55 Å². The van der Waals surface area contributed by atoms with E-state index in [0.717, 1.165) is 23.2 Å². The van der Waals surface area contributed by atoms with Crippen LogP contribution in [0, 0.1) is 6.92 Å². The Morgan fingerprint density at radius 1 is 1.31 bits per heavy atom. The summed E-state index contributed by atoms with van der Waals surface area (Å²) in [6, 6.07) is 7.51. The van der Waals surface area contributed by atoms with Gasteiger partial charge in [-0.1, -0.05) is 17.7 Å². The second-order valence-corrected chi connectivity index (χ2v) is 5.99. The van der Waals surface area contributed by atoms with Gasteiger partial charge < -0.3 is 15.0 Å².